The van der Waals surface area contributed by atoms with E-state index in [0.717, 1.165) is 10.9 Å². The number of hydrogen-bond donors (Lipinski definition) is 1. The van der Waals surface area contributed by atoms with E-state index in [-0.39, 0.29) is 12.5 Å². The van der Waals surface area contributed by atoms with Crippen LogP contribution in [0.1, 0.15) is 19.9 Å². The third kappa shape index (κ3) is 3.34. The molecule has 0 saturated carbocycles. The van der Waals surface area contributed by atoms with E-state index in [9.17, 15) is 4.79 Å². The third-order valence-electron chi connectivity index (χ3n) is 3.57. The van der Waals surface area contributed by atoms with E-state index in [1.54, 1.807) is 18.3 Å². The Bertz CT molecular complexity index is 810. The van der Waals surface area contributed by atoms with Crippen LogP contribution in [-0.4, -0.2) is 22.1 Å². The summed E-state index contributed by atoms with van der Waals surface area (Å²) in [5, 5.41) is 3.71. The van der Waals surface area contributed by atoms with Gasteiger partial charge in [-0.2, -0.15) is 0 Å². The van der Waals surface area contributed by atoms with Gasteiger partial charge in [0.25, 0.3) is 5.91 Å². The number of benzene rings is 1. The van der Waals surface area contributed by atoms with Crippen molar-refractivity contribution in [1.82, 2.24) is 9.55 Å². The van der Waals surface area contributed by atoms with Gasteiger partial charge in [0.15, 0.2) is 6.61 Å². The lowest BCUT2D eigenvalue weighted by molar-refractivity contribution is -0.118. The summed E-state index contributed by atoms with van der Waals surface area (Å²) in [5.74, 6) is 0.993. The third-order valence-corrected chi connectivity index (χ3v) is 3.57. The Kier molecular flexibility index (Phi) is 4.28. The highest BCUT2D eigenvalue weighted by Crippen LogP contribution is 2.28. The molecule has 118 valence electrons. The largest absolute Gasteiger partial charge is 0.483 e. The molecular formula is C18H19N3O2. The summed E-state index contributed by atoms with van der Waals surface area (Å²) in [5.41, 5.74) is 1.10. The summed E-state index contributed by atoms with van der Waals surface area (Å²) >= 11 is 0. The van der Waals surface area contributed by atoms with Crippen LogP contribution < -0.4 is 10.1 Å². The van der Waals surface area contributed by atoms with Crippen LogP contribution >= 0.6 is 0 Å². The molecule has 3 rings (SSSR count). The summed E-state index contributed by atoms with van der Waals surface area (Å²) in [6, 6.07) is 13.6. The second kappa shape index (κ2) is 6.52. The van der Waals surface area contributed by atoms with Gasteiger partial charge in [0, 0.05) is 23.8 Å². The quantitative estimate of drug-likeness (QED) is 0.783. The minimum absolute atomic E-state index is 0.0530. The minimum Gasteiger partial charge on any atom is -0.483 e. The summed E-state index contributed by atoms with van der Waals surface area (Å²) in [7, 11) is 0. The molecule has 1 N–H and O–H groups in total. The number of pyridine rings is 1. The van der Waals surface area contributed by atoms with E-state index in [2.05, 4.69) is 34.8 Å². The summed E-state index contributed by atoms with van der Waals surface area (Å²) in [4.78, 5) is 16.0. The van der Waals surface area contributed by atoms with E-state index in [0.29, 0.717) is 17.6 Å². The first-order valence-corrected chi connectivity index (χ1v) is 7.58. The van der Waals surface area contributed by atoms with Gasteiger partial charge in [0.05, 0.1) is 5.52 Å². The Morgan fingerprint density at radius 3 is 2.83 bits per heavy atom. The molecule has 0 radical (unpaired) electrons. The number of carbonyl (C=O) groups is 1. The molecule has 5 nitrogen and oxygen atoms in total. The van der Waals surface area contributed by atoms with Crippen LogP contribution in [0, 0.1) is 0 Å². The van der Waals surface area contributed by atoms with Crippen LogP contribution in [0.25, 0.3) is 10.9 Å². The molecule has 2 heterocycles. The van der Waals surface area contributed by atoms with Gasteiger partial charge >= 0.3 is 0 Å². The molecule has 23 heavy (non-hydrogen) atoms. The van der Waals surface area contributed by atoms with Crippen molar-refractivity contribution in [3.8, 4) is 5.75 Å². The van der Waals surface area contributed by atoms with Gasteiger partial charge < -0.3 is 14.6 Å². The normalized spacial score (nSPS) is 10.9. The Morgan fingerprint density at radius 2 is 2.09 bits per heavy atom. The second-order valence-corrected chi connectivity index (χ2v) is 5.56. The van der Waals surface area contributed by atoms with E-state index in [4.69, 9.17) is 4.74 Å². The zero-order chi connectivity index (χ0) is 16.2. The molecule has 0 unspecified atom stereocenters. The topological polar surface area (TPSA) is 56.1 Å². The fourth-order valence-electron chi connectivity index (χ4n) is 2.50. The maximum atomic E-state index is 12.0. The lowest BCUT2D eigenvalue weighted by atomic mass is 10.2. The molecular weight excluding hydrogens is 290 g/mol. The number of nitrogens with one attached hydrogen (secondary N) is 1. The van der Waals surface area contributed by atoms with Crippen LogP contribution in [0.2, 0.25) is 0 Å². The van der Waals surface area contributed by atoms with E-state index in [1.165, 1.54) is 0 Å². The van der Waals surface area contributed by atoms with Crippen LogP contribution in [0.5, 0.6) is 5.75 Å². The van der Waals surface area contributed by atoms with Crippen molar-refractivity contribution in [2.24, 2.45) is 0 Å². The number of hydrogen-bond acceptors (Lipinski definition) is 3. The van der Waals surface area contributed by atoms with Crippen molar-refractivity contribution in [2.45, 2.75) is 19.9 Å². The van der Waals surface area contributed by atoms with Gasteiger partial charge in [0.1, 0.15) is 11.6 Å². The summed E-state index contributed by atoms with van der Waals surface area (Å²) < 4.78 is 7.87. The zero-order valence-corrected chi connectivity index (χ0v) is 13.2. The fourth-order valence-corrected chi connectivity index (χ4v) is 2.50. The Hall–Kier alpha value is -2.82. The molecule has 0 fully saturated rings. The predicted octanol–water partition coefficient (Wildman–Crippen LogP) is 3.63. The molecule has 0 aliphatic carbocycles. The number of rotatable bonds is 5. The maximum absolute atomic E-state index is 12.0. The van der Waals surface area contributed by atoms with Crippen LogP contribution in [0.4, 0.5) is 5.82 Å². The van der Waals surface area contributed by atoms with Gasteiger partial charge in [-0.15, -0.1) is 0 Å². The zero-order valence-electron chi connectivity index (χ0n) is 13.2. The lowest BCUT2D eigenvalue weighted by Gasteiger charge is -2.11. The standard InChI is InChI=1S/C18H19N3O2/c1-13(2)21-11-9-14-15(21)6-5-7-16(14)23-12-18(22)20-17-8-3-4-10-19-17/h3-11,13H,12H2,1-2H3,(H,19,20,22). The number of amides is 1. The predicted molar refractivity (Wildman–Crippen MR) is 90.7 cm³/mol. The Balaban J connectivity index is 1.71. The highest BCUT2D eigenvalue weighted by molar-refractivity contribution is 5.92. The minimum atomic E-state index is -0.232. The first-order valence-electron chi connectivity index (χ1n) is 7.58. The van der Waals surface area contributed by atoms with E-state index >= 15 is 0 Å². The van der Waals surface area contributed by atoms with Crippen molar-refractivity contribution in [2.75, 3.05) is 11.9 Å². The van der Waals surface area contributed by atoms with Gasteiger partial charge in [0.2, 0.25) is 0 Å². The van der Waals surface area contributed by atoms with Crippen molar-refractivity contribution < 1.29 is 9.53 Å². The average Bonchev–Trinajstić information content (AvgIpc) is 2.98. The molecule has 3 aromatic rings. The van der Waals surface area contributed by atoms with Gasteiger partial charge in [-0.05, 0) is 44.2 Å². The number of fused-ring (bicyclic) bond motifs is 1. The highest BCUT2D eigenvalue weighted by Gasteiger charge is 2.10. The molecule has 0 bridgehead atoms. The lowest BCUT2D eigenvalue weighted by Crippen LogP contribution is -2.20. The van der Waals surface area contributed by atoms with Gasteiger partial charge in [-0.25, -0.2) is 4.98 Å². The van der Waals surface area contributed by atoms with Gasteiger partial charge in [-0.3, -0.25) is 4.79 Å². The smallest absolute Gasteiger partial charge is 0.263 e. The Morgan fingerprint density at radius 1 is 1.22 bits per heavy atom. The number of ether oxygens (including phenoxy) is 1. The van der Waals surface area contributed by atoms with Gasteiger partial charge in [-0.1, -0.05) is 12.1 Å². The first-order chi connectivity index (χ1) is 11.1. The molecule has 2 aromatic heterocycles. The SMILES string of the molecule is CC(C)n1ccc2c(OCC(=O)Nc3ccccn3)cccc21. The Labute approximate surface area is 134 Å². The number of nitrogens with zero attached hydrogens (tertiary/aromatic N) is 2. The van der Waals surface area contributed by atoms with Crippen molar-refractivity contribution in [3.63, 3.8) is 0 Å². The van der Waals surface area contributed by atoms with Crippen LogP contribution in [0.3, 0.4) is 0 Å². The number of aromatic nitrogens is 2. The monoisotopic (exact) mass is 309 g/mol. The van der Waals surface area contributed by atoms with E-state index < -0.39 is 0 Å². The maximum Gasteiger partial charge on any atom is 0.263 e. The van der Waals surface area contributed by atoms with Crippen molar-refractivity contribution >= 4 is 22.6 Å². The number of carbonyl (C=O) groups excluding carboxylic acids is 1. The molecule has 0 spiro atoms. The molecule has 0 saturated heterocycles. The molecule has 0 aliphatic heterocycles. The van der Waals surface area contributed by atoms with Crippen LogP contribution in [-0.2, 0) is 4.79 Å². The molecule has 5 heteroatoms. The fraction of sp³-hybridized carbons (Fsp3) is 0.222. The molecule has 0 atom stereocenters. The second-order valence-electron chi connectivity index (χ2n) is 5.56. The van der Waals surface area contributed by atoms with Crippen molar-refractivity contribution in [3.05, 3.63) is 54.9 Å². The molecule has 1 aromatic carbocycles. The number of anilines is 1. The highest BCUT2D eigenvalue weighted by atomic mass is 16.5. The molecule has 0 aliphatic rings. The first kappa shape index (κ1) is 15.1. The summed E-state index contributed by atoms with van der Waals surface area (Å²) in [6.45, 7) is 4.21. The van der Waals surface area contributed by atoms with E-state index in [1.807, 2.05) is 30.5 Å². The molecule has 1 amide bonds. The van der Waals surface area contributed by atoms with Crippen LogP contribution in [0.15, 0.2) is 54.9 Å². The summed E-state index contributed by atoms with van der Waals surface area (Å²) in [6.07, 6.45) is 3.67. The van der Waals surface area contributed by atoms with Crippen molar-refractivity contribution in [1.29, 1.82) is 0 Å². The average molecular weight is 309 g/mol.